The van der Waals surface area contributed by atoms with Gasteiger partial charge in [0.05, 0.1) is 23.8 Å². The lowest BCUT2D eigenvalue weighted by molar-refractivity contribution is -0.140. The summed E-state index contributed by atoms with van der Waals surface area (Å²) in [5, 5.41) is 2.99. The maximum Gasteiger partial charge on any atom is 0.257 e. The summed E-state index contributed by atoms with van der Waals surface area (Å²) in [5.74, 6) is -0.592. The largest absolute Gasteiger partial charge is 0.351 e. The molecule has 1 aliphatic heterocycles. The number of halogens is 1. The lowest BCUT2D eigenvalue weighted by Crippen LogP contribution is -2.46. The van der Waals surface area contributed by atoms with Gasteiger partial charge in [0.15, 0.2) is 6.17 Å². The molecule has 2 atom stereocenters. The summed E-state index contributed by atoms with van der Waals surface area (Å²) in [7, 11) is 0. The summed E-state index contributed by atoms with van der Waals surface area (Å²) in [5.41, 5.74) is 2.17. The van der Waals surface area contributed by atoms with E-state index >= 15 is 0 Å². The van der Waals surface area contributed by atoms with Crippen molar-refractivity contribution in [3.8, 4) is 0 Å². The lowest BCUT2D eigenvalue weighted by Gasteiger charge is -2.32. The molecular weight excluding hydrogens is 335 g/mol. The third-order valence-corrected chi connectivity index (χ3v) is 4.99. The fraction of sp³-hybridized carbons (Fsp3) is 0.526. The zero-order valence-corrected chi connectivity index (χ0v) is 15.4. The molecule has 1 aromatic heterocycles. The molecule has 26 heavy (non-hydrogen) atoms. The average Bonchev–Trinajstić information content (AvgIpc) is 3.16. The number of amides is 2. The maximum absolute atomic E-state index is 13.8. The van der Waals surface area contributed by atoms with Crippen LogP contribution in [0.1, 0.15) is 39.2 Å². The van der Waals surface area contributed by atoms with Gasteiger partial charge in [-0.05, 0) is 44.4 Å². The van der Waals surface area contributed by atoms with E-state index in [0.717, 1.165) is 16.6 Å². The molecule has 6 nitrogen and oxygen atoms in total. The van der Waals surface area contributed by atoms with E-state index in [9.17, 15) is 14.0 Å². The number of likely N-dealkylation sites (tertiary alicyclic amines) is 1. The molecule has 0 spiro atoms. The summed E-state index contributed by atoms with van der Waals surface area (Å²) in [6.45, 7) is 5.82. The van der Waals surface area contributed by atoms with E-state index in [4.69, 9.17) is 0 Å². The van der Waals surface area contributed by atoms with Gasteiger partial charge in [-0.15, -0.1) is 0 Å². The number of nitrogens with one attached hydrogen (secondary N) is 2. The Balaban J connectivity index is 1.61. The van der Waals surface area contributed by atoms with Crippen LogP contribution in [0.5, 0.6) is 0 Å². The Morgan fingerprint density at radius 3 is 2.96 bits per heavy atom. The fourth-order valence-corrected chi connectivity index (χ4v) is 3.63. The normalized spacial score (nSPS) is 20.3. The van der Waals surface area contributed by atoms with Crippen molar-refractivity contribution in [2.75, 3.05) is 6.54 Å². The summed E-state index contributed by atoms with van der Waals surface area (Å²) in [4.78, 5) is 33.4. The standard InChI is InChI=1S/C19H25FN4O2/c1-4-14(20)18(26)24-10-13(9-19(24,2)3)23-17(25)8-12-5-6-15-16(7-12)22-11-21-15/h5-7,11,13-14H,4,8-10H2,1-3H3,(H,21,22)(H,23,25). The first-order valence-electron chi connectivity index (χ1n) is 8.97. The Hall–Kier alpha value is -2.44. The number of benzene rings is 1. The minimum absolute atomic E-state index is 0.105. The van der Waals surface area contributed by atoms with Gasteiger partial charge >= 0.3 is 0 Å². The van der Waals surface area contributed by atoms with E-state index in [0.29, 0.717) is 13.0 Å². The van der Waals surface area contributed by atoms with Gasteiger partial charge in [0, 0.05) is 18.1 Å². The van der Waals surface area contributed by atoms with Crippen LogP contribution in [0.25, 0.3) is 11.0 Å². The lowest BCUT2D eigenvalue weighted by atomic mass is 9.99. The van der Waals surface area contributed by atoms with Gasteiger partial charge in [0.25, 0.3) is 5.91 Å². The fourth-order valence-electron chi connectivity index (χ4n) is 3.63. The molecular formula is C19H25FN4O2. The molecule has 2 amide bonds. The molecule has 7 heteroatoms. The van der Waals surface area contributed by atoms with Crippen LogP contribution in [0.3, 0.4) is 0 Å². The van der Waals surface area contributed by atoms with E-state index in [2.05, 4.69) is 15.3 Å². The van der Waals surface area contributed by atoms with Crippen LogP contribution in [0.4, 0.5) is 4.39 Å². The van der Waals surface area contributed by atoms with Crippen molar-refractivity contribution in [3.63, 3.8) is 0 Å². The summed E-state index contributed by atoms with van der Waals surface area (Å²) in [6.07, 6.45) is 1.17. The van der Waals surface area contributed by atoms with Crippen LogP contribution in [0.2, 0.25) is 0 Å². The predicted molar refractivity (Wildman–Crippen MR) is 97.3 cm³/mol. The highest BCUT2D eigenvalue weighted by atomic mass is 19.1. The predicted octanol–water partition coefficient (Wildman–Crippen LogP) is 2.35. The number of rotatable bonds is 5. The minimum Gasteiger partial charge on any atom is -0.351 e. The highest BCUT2D eigenvalue weighted by molar-refractivity contribution is 5.83. The SMILES string of the molecule is CCC(F)C(=O)N1CC(NC(=O)Cc2ccc3nc[nH]c3c2)CC1(C)C. The van der Waals surface area contributed by atoms with Crippen molar-refractivity contribution >= 4 is 22.8 Å². The van der Waals surface area contributed by atoms with E-state index in [1.165, 1.54) is 0 Å². The topological polar surface area (TPSA) is 78.1 Å². The molecule has 1 saturated heterocycles. The number of nitrogens with zero attached hydrogens (tertiary/aromatic N) is 2. The average molecular weight is 360 g/mol. The number of H-pyrrole nitrogens is 1. The van der Waals surface area contributed by atoms with Gasteiger partial charge in [-0.2, -0.15) is 0 Å². The number of hydrogen-bond donors (Lipinski definition) is 2. The summed E-state index contributed by atoms with van der Waals surface area (Å²) >= 11 is 0. The second kappa shape index (κ2) is 7.05. The molecule has 140 valence electrons. The smallest absolute Gasteiger partial charge is 0.257 e. The molecule has 2 aromatic rings. The third-order valence-electron chi connectivity index (χ3n) is 4.99. The third kappa shape index (κ3) is 3.71. The molecule has 1 aromatic carbocycles. The Kier molecular flexibility index (Phi) is 4.98. The van der Waals surface area contributed by atoms with E-state index < -0.39 is 17.6 Å². The maximum atomic E-state index is 13.8. The Morgan fingerprint density at radius 2 is 2.23 bits per heavy atom. The molecule has 0 radical (unpaired) electrons. The number of hydrogen-bond acceptors (Lipinski definition) is 3. The monoisotopic (exact) mass is 360 g/mol. The number of carbonyl (C=O) groups is 2. The summed E-state index contributed by atoms with van der Waals surface area (Å²) in [6, 6.07) is 5.50. The Labute approximate surface area is 152 Å². The van der Waals surface area contributed by atoms with Gasteiger partial charge < -0.3 is 15.2 Å². The van der Waals surface area contributed by atoms with Crippen LogP contribution >= 0.6 is 0 Å². The van der Waals surface area contributed by atoms with Gasteiger partial charge in [-0.25, -0.2) is 9.37 Å². The highest BCUT2D eigenvalue weighted by Gasteiger charge is 2.43. The first-order valence-corrected chi connectivity index (χ1v) is 8.97. The van der Waals surface area contributed by atoms with Crippen LogP contribution in [0, 0.1) is 0 Å². The second-order valence-electron chi connectivity index (χ2n) is 7.54. The van der Waals surface area contributed by atoms with Crippen molar-refractivity contribution < 1.29 is 14.0 Å². The van der Waals surface area contributed by atoms with Gasteiger partial charge in [-0.3, -0.25) is 9.59 Å². The number of carbonyl (C=O) groups excluding carboxylic acids is 2. The first-order chi connectivity index (χ1) is 12.3. The zero-order valence-electron chi connectivity index (χ0n) is 15.4. The molecule has 2 unspecified atom stereocenters. The quantitative estimate of drug-likeness (QED) is 0.859. The van der Waals surface area contributed by atoms with Crippen molar-refractivity contribution in [3.05, 3.63) is 30.1 Å². The van der Waals surface area contributed by atoms with Crippen molar-refractivity contribution in [2.45, 2.75) is 57.8 Å². The zero-order chi connectivity index (χ0) is 18.9. The van der Waals surface area contributed by atoms with Gasteiger partial charge in [0.1, 0.15) is 0 Å². The number of imidazole rings is 1. The van der Waals surface area contributed by atoms with Gasteiger partial charge in [-0.1, -0.05) is 13.0 Å². The molecule has 1 aliphatic rings. The Morgan fingerprint density at radius 1 is 1.46 bits per heavy atom. The number of alkyl halides is 1. The minimum atomic E-state index is -1.48. The van der Waals surface area contributed by atoms with E-state index in [1.807, 2.05) is 32.0 Å². The molecule has 3 rings (SSSR count). The van der Waals surface area contributed by atoms with Crippen LogP contribution in [-0.4, -0.2) is 51.0 Å². The molecule has 2 heterocycles. The van der Waals surface area contributed by atoms with Crippen LogP contribution in [-0.2, 0) is 16.0 Å². The number of aromatic nitrogens is 2. The molecule has 0 aliphatic carbocycles. The van der Waals surface area contributed by atoms with E-state index in [1.54, 1.807) is 18.2 Å². The van der Waals surface area contributed by atoms with Gasteiger partial charge in [0.2, 0.25) is 5.91 Å². The Bertz CT molecular complexity index is 817. The van der Waals surface area contributed by atoms with Crippen LogP contribution < -0.4 is 5.32 Å². The van der Waals surface area contributed by atoms with Crippen molar-refractivity contribution in [2.24, 2.45) is 0 Å². The summed E-state index contributed by atoms with van der Waals surface area (Å²) < 4.78 is 13.8. The van der Waals surface area contributed by atoms with E-state index in [-0.39, 0.29) is 24.8 Å². The molecule has 0 saturated carbocycles. The molecule has 0 bridgehead atoms. The van der Waals surface area contributed by atoms with Crippen molar-refractivity contribution in [1.82, 2.24) is 20.2 Å². The molecule has 2 N–H and O–H groups in total. The van der Waals surface area contributed by atoms with Crippen LogP contribution in [0.15, 0.2) is 24.5 Å². The van der Waals surface area contributed by atoms with Crippen molar-refractivity contribution in [1.29, 1.82) is 0 Å². The number of fused-ring (bicyclic) bond motifs is 1. The second-order valence-corrected chi connectivity index (χ2v) is 7.54. The molecule has 1 fully saturated rings. The highest BCUT2D eigenvalue weighted by Crippen LogP contribution is 2.30. The number of aromatic amines is 1. The first kappa shape index (κ1) is 18.4.